The zero-order valence-corrected chi connectivity index (χ0v) is 39.6. The molecule has 10 rings (SSSR count). The Bertz CT molecular complexity index is 3240. The number of thiophene rings is 1. The van der Waals surface area contributed by atoms with Crippen LogP contribution in [0.15, 0.2) is 176 Å². The van der Waals surface area contributed by atoms with E-state index in [2.05, 4.69) is 240 Å². The molecule has 7 aromatic carbocycles. The molecule has 0 radical (unpaired) electrons. The van der Waals surface area contributed by atoms with Crippen LogP contribution in [-0.4, -0.2) is 0 Å². The molecule has 0 fully saturated rings. The van der Waals surface area contributed by atoms with Gasteiger partial charge in [-0.05, 0) is 126 Å². The fraction of sp³-hybridized carbons (Fsp3) is 0.200. The second-order valence-electron chi connectivity index (χ2n) is 18.8. The van der Waals surface area contributed by atoms with E-state index < -0.39 is 0 Å². The predicted octanol–water partition coefficient (Wildman–Crippen LogP) is 16.1. The Balaban J connectivity index is 1.22. The van der Waals surface area contributed by atoms with E-state index >= 15 is 0 Å². The van der Waals surface area contributed by atoms with Crippen LogP contribution in [0.5, 0.6) is 0 Å². The molecule has 1 aromatic heterocycles. The van der Waals surface area contributed by atoms with Crippen LogP contribution in [-0.2, 0) is 8.84 Å². The van der Waals surface area contributed by atoms with E-state index in [9.17, 15) is 0 Å². The highest BCUT2D eigenvalue weighted by Gasteiger charge is 2.25. The molecule has 2 aliphatic carbocycles. The van der Waals surface area contributed by atoms with Gasteiger partial charge in [-0.25, -0.2) is 0 Å². The molecule has 2 atom stereocenters. The van der Waals surface area contributed by atoms with E-state index in [1.807, 2.05) is 11.3 Å². The third kappa shape index (κ3) is 7.33. The lowest BCUT2D eigenvalue weighted by Crippen LogP contribution is -2.31. The topological polar surface area (TPSA) is 0 Å². The van der Waals surface area contributed by atoms with E-state index in [-0.39, 0.29) is 14.8 Å². The number of halogens is 1. The Morgan fingerprint density at radius 2 is 1.21 bits per heavy atom. The quantitative estimate of drug-likeness (QED) is 0.0916. The van der Waals surface area contributed by atoms with Crippen molar-refractivity contribution in [1.29, 1.82) is 0 Å². The van der Waals surface area contributed by atoms with Crippen molar-refractivity contribution in [2.24, 2.45) is 5.92 Å². The van der Waals surface area contributed by atoms with Crippen molar-refractivity contribution in [3.8, 4) is 11.1 Å². The number of hydrogen-bond donors (Lipinski definition) is 0. The molecule has 2 aliphatic rings. The molecule has 0 saturated carbocycles. The fourth-order valence-corrected chi connectivity index (χ4v) is 11.6. The molecule has 2 unspecified atom stereocenters. The van der Waals surface area contributed by atoms with Crippen LogP contribution in [0.4, 0.5) is 0 Å². The zero-order valence-electron chi connectivity index (χ0n) is 36.6. The lowest BCUT2D eigenvalue weighted by Gasteiger charge is -2.27. The van der Waals surface area contributed by atoms with E-state index in [4.69, 9.17) is 0 Å². The van der Waals surface area contributed by atoms with Crippen LogP contribution < -0.4 is 10.4 Å². The summed E-state index contributed by atoms with van der Waals surface area (Å²) < 4.78 is 2.67. The van der Waals surface area contributed by atoms with E-state index in [0.717, 1.165) is 12.8 Å². The van der Waals surface area contributed by atoms with Gasteiger partial charge in [0.15, 0.2) is 0 Å². The van der Waals surface area contributed by atoms with Crippen molar-refractivity contribution in [1.82, 2.24) is 0 Å². The number of hydrogen-bond acceptors (Lipinski definition) is 1. The van der Waals surface area contributed by atoms with Gasteiger partial charge in [0, 0.05) is 35.4 Å². The monoisotopic (exact) mass is 932 g/mol. The maximum absolute atomic E-state index is 2.61. The normalized spacial score (nSPS) is 19.0. The Morgan fingerprint density at radius 3 is 1.90 bits per heavy atom. The minimum atomic E-state index is -0.00633. The molecule has 0 aliphatic heterocycles. The number of alkyl halides is 1. The standard InChI is InChI=1S/C60H53IS/c1-38-20-9-7-12-23-45(44-24-13-14-25-46(44)55(38)41-34-42(59(2,3)4)37-43(35-41)60(5,6)61)51-30-19-31-52-53-36-40(32-33-54(53)62-58(51)52)57-49-28-17-15-26-47(49)56(39-21-10-8-11-22-39)48-27-16-18-29-50(48)57/h7-21,24-39H,22-23H2,1-6H3/b12-7-,20-9-,45-44+,55-46?. The highest BCUT2D eigenvalue weighted by atomic mass is 127. The third-order valence-electron chi connectivity index (χ3n) is 13.2. The van der Waals surface area contributed by atoms with E-state index in [1.165, 1.54) is 102 Å². The van der Waals surface area contributed by atoms with E-state index in [1.54, 1.807) is 0 Å². The Labute approximate surface area is 384 Å². The lowest BCUT2D eigenvalue weighted by atomic mass is 9.80. The first-order valence-electron chi connectivity index (χ1n) is 22.2. The van der Waals surface area contributed by atoms with Crippen molar-refractivity contribution in [2.45, 2.75) is 69.1 Å². The van der Waals surface area contributed by atoms with Crippen LogP contribution in [0.2, 0.25) is 0 Å². The minimum Gasteiger partial charge on any atom is -0.135 e. The summed E-state index contributed by atoms with van der Waals surface area (Å²) in [5.41, 5.74) is 12.2. The summed E-state index contributed by atoms with van der Waals surface area (Å²) >= 11 is 4.55. The summed E-state index contributed by atoms with van der Waals surface area (Å²) in [6, 6.07) is 49.0. The first-order valence-corrected chi connectivity index (χ1v) is 24.1. The summed E-state index contributed by atoms with van der Waals surface area (Å²) in [4.78, 5) is 0. The molecule has 0 spiro atoms. The molecule has 0 nitrogen and oxygen atoms in total. The maximum Gasteiger partial charge on any atom is 0.0430 e. The van der Waals surface area contributed by atoms with Crippen LogP contribution in [0.3, 0.4) is 0 Å². The molecule has 0 amide bonds. The summed E-state index contributed by atoms with van der Waals surface area (Å²) in [5, 5.41) is 10.6. The van der Waals surface area contributed by atoms with Gasteiger partial charge in [-0.2, -0.15) is 0 Å². The smallest absolute Gasteiger partial charge is 0.0430 e. The molecule has 1 heterocycles. The molecular weight excluding hydrogens is 880 g/mol. The Kier molecular flexibility index (Phi) is 10.6. The summed E-state index contributed by atoms with van der Waals surface area (Å²) in [6.45, 7) is 14.0. The SMILES string of the molecule is CC1/C=C\C=C/C/C(c2cccc3c2sc2ccc(-c4c5ccccc5c(C5C=CC=CC5)c5ccccc45)cc23)=c2/ccccc2=C1c1cc(C(C)(C)C)cc(C(C)(C)I)c1. The second-order valence-corrected chi connectivity index (χ2v) is 22.5. The van der Waals surface area contributed by atoms with Crippen LogP contribution in [0.25, 0.3) is 64.0 Å². The van der Waals surface area contributed by atoms with Gasteiger partial charge in [-0.15, -0.1) is 11.3 Å². The van der Waals surface area contributed by atoms with Gasteiger partial charge in [0.2, 0.25) is 0 Å². The molecule has 2 heteroatoms. The van der Waals surface area contributed by atoms with Crippen LogP contribution >= 0.6 is 33.9 Å². The largest absolute Gasteiger partial charge is 0.135 e. The molecule has 8 aromatic rings. The van der Waals surface area contributed by atoms with Crippen molar-refractivity contribution in [3.63, 3.8) is 0 Å². The highest BCUT2D eigenvalue weighted by molar-refractivity contribution is 14.1. The Hall–Kier alpha value is -5.29. The zero-order chi connectivity index (χ0) is 42.8. The van der Waals surface area contributed by atoms with Crippen LogP contribution in [0, 0.1) is 5.92 Å². The van der Waals surface area contributed by atoms with Gasteiger partial charge in [0.1, 0.15) is 0 Å². The van der Waals surface area contributed by atoms with Gasteiger partial charge in [0.25, 0.3) is 0 Å². The number of benzene rings is 7. The molecule has 306 valence electrons. The first kappa shape index (κ1) is 40.8. The maximum atomic E-state index is 2.61. The molecule has 0 N–H and O–H groups in total. The van der Waals surface area contributed by atoms with Gasteiger partial charge in [-0.3, -0.25) is 0 Å². The number of allylic oxidation sites excluding steroid dienone is 8. The summed E-state index contributed by atoms with van der Waals surface area (Å²) in [5.74, 6) is 0.559. The summed E-state index contributed by atoms with van der Waals surface area (Å²) in [7, 11) is 0. The number of fused-ring (bicyclic) bond motifs is 6. The van der Waals surface area contributed by atoms with Gasteiger partial charge >= 0.3 is 0 Å². The average molecular weight is 933 g/mol. The van der Waals surface area contributed by atoms with Gasteiger partial charge in [0.05, 0.1) is 0 Å². The minimum absolute atomic E-state index is 0.00633. The van der Waals surface area contributed by atoms with Crippen molar-refractivity contribution < 1.29 is 0 Å². The fourth-order valence-electron chi connectivity index (χ4n) is 10.0. The average Bonchev–Trinajstić information content (AvgIpc) is 3.65. The predicted molar refractivity (Wildman–Crippen MR) is 280 cm³/mol. The molecule has 0 bridgehead atoms. The van der Waals surface area contributed by atoms with E-state index in [0.29, 0.717) is 5.92 Å². The van der Waals surface area contributed by atoms with Crippen molar-refractivity contribution in [2.75, 3.05) is 0 Å². The van der Waals surface area contributed by atoms with Gasteiger partial charge in [-0.1, -0.05) is 214 Å². The highest BCUT2D eigenvalue weighted by Crippen LogP contribution is 2.46. The second kappa shape index (κ2) is 16.1. The molecule has 0 saturated heterocycles. The van der Waals surface area contributed by atoms with Crippen molar-refractivity contribution >= 4 is 86.8 Å². The van der Waals surface area contributed by atoms with Gasteiger partial charge < -0.3 is 0 Å². The Morgan fingerprint density at radius 1 is 0.565 bits per heavy atom. The molecule has 62 heavy (non-hydrogen) atoms. The molecular formula is C60H53IS. The lowest BCUT2D eigenvalue weighted by molar-refractivity contribution is 0.588. The summed E-state index contributed by atoms with van der Waals surface area (Å²) in [6.07, 6.45) is 20.2. The number of rotatable bonds is 5. The van der Waals surface area contributed by atoms with Crippen molar-refractivity contribution in [3.05, 3.63) is 214 Å². The third-order valence-corrected chi connectivity index (χ3v) is 15.0. The first-order chi connectivity index (χ1) is 30.0. The van der Waals surface area contributed by atoms with Crippen LogP contribution in [0.1, 0.15) is 88.1 Å².